The Bertz CT molecular complexity index is 364. The lowest BCUT2D eigenvalue weighted by Crippen LogP contribution is -2.43. The zero-order valence-electron chi connectivity index (χ0n) is 10.5. The summed E-state index contributed by atoms with van der Waals surface area (Å²) < 4.78 is 6.67. The molecule has 1 aliphatic heterocycles. The van der Waals surface area contributed by atoms with Gasteiger partial charge >= 0.3 is 0 Å². The van der Waals surface area contributed by atoms with E-state index in [0.717, 1.165) is 23.2 Å². The lowest BCUT2D eigenvalue weighted by molar-refractivity contribution is 0.125. The van der Waals surface area contributed by atoms with E-state index < -0.39 is 0 Å². The molecule has 2 heterocycles. The van der Waals surface area contributed by atoms with Gasteiger partial charge in [-0.3, -0.25) is 4.90 Å². The lowest BCUT2D eigenvalue weighted by atomic mass is 10.0. The smallest absolute Gasteiger partial charge is 0.136 e. The van der Waals surface area contributed by atoms with Gasteiger partial charge in [0.05, 0.1) is 16.8 Å². The highest BCUT2D eigenvalue weighted by atomic mass is 79.9. The number of nitrogens with two attached hydrogens (primary N) is 1. The van der Waals surface area contributed by atoms with Gasteiger partial charge in [-0.1, -0.05) is 6.42 Å². The molecule has 1 aromatic heterocycles. The molecule has 3 nitrogen and oxygen atoms in total. The first-order chi connectivity index (χ1) is 8.11. The summed E-state index contributed by atoms with van der Waals surface area (Å²) in [6.45, 7) is 5.55. The van der Waals surface area contributed by atoms with Crippen molar-refractivity contribution >= 4 is 15.9 Å². The highest BCUT2D eigenvalue weighted by Crippen LogP contribution is 2.35. The molecule has 0 radical (unpaired) electrons. The molecule has 0 saturated carbocycles. The number of furan rings is 1. The molecule has 0 spiro atoms. The zero-order valence-corrected chi connectivity index (χ0v) is 12.1. The van der Waals surface area contributed by atoms with Crippen molar-refractivity contribution in [3.8, 4) is 0 Å². The molecule has 96 valence electrons. The third-order valence-corrected chi connectivity index (χ3v) is 4.20. The van der Waals surface area contributed by atoms with Gasteiger partial charge in [0.25, 0.3) is 0 Å². The van der Waals surface area contributed by atoms with Crippen LogP contribution in [0.5, 0.6) is 0 Å². The van der Waals surface area contributed by atoms with E-state index >= 15 is 0 Å². The molecular formula is C13H21BrN2O. The maximum atomic E-state index is 6.34. The van der Waals surface area contributed by atoms with E-state index in [1.807, 2.05) is 6.07 Å². The second-order valence-corrected chi connectivity index (χ2v) is 5.92. The molecule has 0 aliphatic carbocycles. The minimum atomic E-state index is 0.155. The number of halogens is 1. The normalized spacial score (nSPS) is 27.4. The summed E-state index contributed by atoms with van der Waals surface area (Å²) in [5.41, 5.74) is 6.34. The molecule has 2 N–H and O–H groups in total. The third-order valence-electron chi connectivity index (χ3n) is 3.54. The maximum absolute atomic E-state index is 6.34. The number of hydrogen-bond acceptors (Lipinski definition) is 3. The third kappa shape index (κ3) is 2.75. The van der Waals surface area contributed by atoms with Crippen LogP contribution in [0, 0.1) is 0 Å². The van der Waals surface area contributed by atoms with Crippen LogP contribution in [0.2, 0.25) is 0 Å². The van der Waals surface area contributed by atoms with E-state index in [1.165, 1.54) is 12.8 Å². The topological polar surface area (TPSA) is 42.4 Å². The predicted octanol–water partition coefficient (Wildman–Crippen LogP) is 3.30. The van der Waals surface area contributed by atoms with Crippen LogP contribution >= 0.6 is 15.9 Å². The molecule has 2 unspecified atom stereocenters. The lowest BCUT2D eigenvalue weighted by Gasteiger charge is -2.35. The van der Waals surface area contributed by atoms with Crippen molar-refractivity contribution in [2.45, 2.75) is 51.2 Å². The minimum absolute atomic E-state index is 0.155. The van der Waals surface area contributed by atoms with E-state index in [-0.39, 0.29) is 12.1 Å². The predicted molar refractivity (Wildman–Crippen MR) is 72.8 cm³/mol. The van der Waals surface area contributed by atoms with Gasteiger partial charge in [0, 0.05) is 12.1 Å². The molecule has 17 heavy (non-hydrogen) atoms. The van der Waals surface area contributed by atoms with Crippen molar-refractivity contribution in [2.75, 3.05) is 6.54 Å². The van der Waals surface area contributed by atoms with E-state index in [9.17, 15) is 0 Å². The molecule has 0 bridgehead atoms. The fraction of sp³-hybridized carbons (Fsp3) is 0.692. The van der Waals surface area contributed by atoms with Crippen LogP contribution in [0.25, 0.3) is 0 Å². The van der Waals surface area contributed by atoms with Gasteiger partial charge < -0.3 is 10.2 Å². The zero-order chi connectivity index (χ0) is 12.4. The number of hydrogen-bond donors (Lipinski definition) is 1. The Labute approximate surface area is 111 Å². The average Bonchev–Trinajstić information content (AvgIpc) is 2.58. The van der Waals surface area contributed by atoms with Crippen LogP contribution in [0.4, 0.5) is 0 Å². The van der Waals surface area contributed by atoms with Crippen LogP contribution in [0.1, 0.15) is 44.9 Å². The summed E-state index contributed by atoms with van der Waals surface area (Å²) in [6.07, 6.45) is 5.23. The second-order valence-electron chi connectivity index (χ2n) is 5.07. The van der Waals surface area contributed by atoms with Crippen molar-refractivity contribution in [3.05, 3.63) is 22.6 Å². The average molecular weight is 301 g/mol. The first-order valence-corrected chi connectivity index (χ1v) is 7.14. The number of nitrogens with zero attached hydrogens (tertiary/aromatic N) is 1. The van der Waals surface area contributed by atoms with Crippen molar-refractivity contribution < 1.29 is 4.42 Å². The van der Waals surface area contributed by atoms with Gasteiger partial charge in [-0.25, -0.2) is 0 Å². The Morgan fingerprint density at radius 3 is 2.82 bits per heavy atom. The molecule has 1 saturated heterocycles. The number of rotatable bonds is 2. The number of likely N-dealkylation sites (tertiary alicyclic amines) is 1. The van der Waals surface area contributed by atoms with Crippen molar-refractivity contribution in [2.24, 2.45) is 5.73 Å². The molecule has 1 aromatic rings. The Morgan fingerprint density at radius 2 is 2.24 bits per heavy atom. The minimum Gasteiger partial charge on any atom is -0.466 e. The van der Waals surface area contributed by atoms with E-state index in [2.05, 4.69) is 34.7 Å². The van der Waals surface area contributed by atoms with Crippen LogP contribution in [-0.2, 0) is 0 Å². The Kier molecular flexibility index (Phi) is 4.28. The largest absolute Gasteiger partial charge is 0.466 e. The molecule has 4 heteroatoms. The molecule has 0 amide bonds. The van der Waals surface area contributed by atoms with Gasteiger partial charge in [0.15, 0.2) is 0 Å². The maximum Gasteiger partial charge on any atom is 0.136 e. The molecule has 1 fully saturated rings. The van der Waals surface area contributed by atoms with Crippen LogP contribution in [0.3, 0.4) is 0 Å². The molecule has 2 rings (SSSR count). The highest BCUT2D eigenvalue weighted by molar-refractivity contribution is 9.10. The fourth-order valence-corrected chi connectivity index (χ4v) is 3.09. The van der Waals surface area contributed by atoms with Gasteiger partial charge in [-0.2, -0.15) is 0 Å². The standard InChI is InChI=1S/C13H21BrN2O/c1-9(2)16-7-4-3-5-11(15)12(16)13-10(14)6-8-17-13/h6,8-9,11-12H,3-5,7,15H2,1-2H3. The van der Waals surface area contributed by atoms with Gasteiger partial charge in [-0.15, -0.1) is 0 Å². The fourth-order valence-electron chi connectivity index (χ4n) is 2.66. The van der Waals surface area contributed by atoms with Gasteiger partial charge in [-0.05, 0) is 55.2 Å². The highest BCUT2D eigenvalue weighted by Gasteiger charge is 2.33. The van der Waals surface area contributed by atoms with E-state index in [0.29, 0.717) is 6.04 Å². The van der Waals surface area contributed by atoms with Crippen LogP contribution in [0.15, 0.2) is 21.2 Å². The first-order valence-electron chi connectivity index (χ1n) is 6.35. The van der Waals surface area contributed by atoms with Crippen molar-refractivity contribution in [1.29, 1.82) is 0 Å². The van der Waals surface area contributed by atoms with Crippen molar-refractivity contribution in [1.82, 2.24) is 4.90 Å². The first kappa shape index (κ1) is 13.1. The van der Waals surface area contributed by atoms with Gasteiger partial charge in [0.2, 0.25) is 0 Å². The quantitative estimate of drug-likeness (QED) is 0.911. The van der Waals surface area contributed by atoms with E-state index in [1.54, 1.807) is 6.26 Å². The van der Waals surface area contributed by atoms with Crippen molar-refractivity contribution in [3.63, 3.8) is 0 Å². The Morgan fingerprint density at radius 1 is 1.47 bits per heavy atom. The molecule has 2 atom stereocenters. The Balaban J connectivity index is 2.33. The molecule has 0 aromatic carbocycles. The summed E-state index contributed by atoms with van der Waals surface area (Å²) in [5, 5.41) is 0. The van der Waals surface area contributed by atoms with E-state index in [4.69, 9.17) is 10.2 Å². The molecular weight excluding hydrogens is 280 g/mol. The summed E-state index contributed by atoms with van der Waals surface area (Å²) in [7, 11) is 0. The summed E-state index contributed by atoms with van der Waals surface area (Å²) >= 11 is 3.56. The SMILES string of the molecule is CC(C)N1CCCCC(N)C1c1occc1Br. The van der Waals surface area contributed by atoms with Crippen LogP contribution < -0.4 is 5.73 Å². The summed E-state index contributed by atoms with van der Waals surface area (Å²) in [6, 6.07) is 2.79. The summed E-state index contributed by atoms with van der Waals surface area (Å²) in [4.78, 5) is 2.46. The monoisotopic (exact) mass is 300 g/mol. The second kappa shape index (κ2) is 5.55. The summed E-state index contributed by atoms with van der Waals surface area (Å²) in [5.74, 6) is 0.980. The van der Waals surface area contributed by atoms with Gasteiger partial charge in [0.1, 0.15) is 5.76 Å². The Hall–Kier alpha value is -0.320. The molecule has 1 aliphatic rings. The van der Waals surface area contributed by atoms with Crippen LogP contribution in [-0.4, -0.2) is 23.5 Å².